The molecule has 1 aliphatic carbocycles. The molecule has 0 amide bonds. The number of benzene rings is 1. The third-order valence-corrected chi connectivity index (χ3v) is 6.41. The van der Waals surface area contributed by atoms with Gasteiger partial charge in [0, 0.05) is 11.4 Å². The van der Waals surface area contributed by atoms with Crippen LogP contribution in [0.25, 0.3) is 0 Å². The van der Waals surface area contributed by atoms with Crippen molar-refractivity contribution in [2.45, 2.75) is 31.8 Å². The standard InChI is InChI=1S/C15H17ClO4S/c16-13-3-1-2-12-11(13)4-5-14(12)20-15(17)8-10-6-7-21(18,19)9-10/h1-3,10,14H,4-9H2/t10-,14+/m0/s1. The normalized spacial score (nSPS) is 26.5. The average molecular weight is 329 g/mol. The highest BCUT2D eigenvalue weighted by Crippen LogP contribution is 2.38. The van der Waals surface area contributed by atoms with Gasteiger partial charge in [-0.2, -0.15) is 0 Å². The minimum Gasteiger partial charge on any atom is -0.457 e. The van der Waals surface area contributed by atoms with Gasteiger partial charge in [-0.3, -0.25) is 4.79 Å². The number of carbonyl (C=O) groups is 1. The van der Waals surface area contributed by atoms with Gasteiger partial charge in [-0.05, 0) is 42.4 Å². The molecule has 0 spiro atoms. The SMILES string of the molecule is O=C(C[C@@H]1CCS(=O)(=O)C1)O[C@@H]1CCc2c(Cl)cccc21. The highest BCUT2D eigenvalue weighted by atomic mass is 35.5. The Morgan fingerprint density at radius 1 is 1.33 bits per heavy atom. The number of halogens is 1. The van der Waals surface area contributed by atoms with Crippen LogP contribution < -0.4 is 0 Å². The maximum Gasteiger partial charge on any atom is 0.306 e. The van der Waals surface area contributed by atoms with E-state index in [1.165, 1.54) is 0 Å². The Kier molecular flexibility index (Phi) is 3.97. The lowest BCUT2D eigenvalue weighted by atomic mass is 10.1. The second-order valence-electron chi connectivity index (χ2n) is 5.80. The topological polar surface area (TPSA) is 60.4 Å². The fourth-order valence-electron chi connectivity index (χ4n) is 3.17. The summed E-state index contributed by atoms with van der Waals surface area (Å²) in [6.45, 7) is 0. The summed E-state index contributed by atoms with van der Waals surface area (Å²) >= 11 is 6.13. The van der Waals surface area contributed by atoms with Crippen LogP contribution in [0, 0.1) is 5.92 Å². The molecular formula is C15H17ClO4S. The fraction of sp³-hybridized carbons (Fsp3) is 0.533. The van der Waals surface area contributed by atoms with Crippen LogP contribution in [-0.4, -0.2) is 25.9 Å². The first-order valence-electron chi connectivity index (χ1n) is 7.12. The fourth-order valence-corrected chi connectivity index (χ4v) is 5.31. The lowest BCUT2D eigenvalue weighted by molar-refractivity contribution is -0.150. The second-order valence-corrected chi connectivity index (χ2v) is 8.43. The second kappa shape index (κ2) is 5.61. The molecule has 1 aromatic rings. The number of sulfone groups is 1. The summed E-state index contributed by atoms with van der Waals surface area (Å²) in [6, 6.07) is 5.64. The van der Waals surface area contributed by atoms with Gasteiger partial charge in [-0.1, -0.05) is 23.7 Å². The molecule has 3 rings (SSSR count). The minimum absolute atomic E-state index is 0.0947. The first kappa shape index (κ1) is 14.9. The first-order valence-corrected chi connectivity index (χ1v) is 9.32. The van der Waals surface area contributed by atoms with Crippen LogP contribution >= 0.6 is 11.6 Å². The lowest BCUT2D eigenvalue weighted by Gasteiger charge is -2.15. The number of carbonyl (C=O) groups excluding carboxylic acids is 1. The number of rotatable bonds is 3. The van der Waals surface area contributed by atoms with E-state index in [9.17, 15) is 13.2 Å². The molecule has 4 nitrogen and oxygen atoms in total. The van der Waals surface area contributed by atoms with Gasteiger partial charge in [-0.15, -0.1) is 0 Å². The number of esters is 1. The van der Waals surface area contributed by atoms with Crippen LogP contribution in [-0.2, 0) is 25.8 Å². The Bertz CT molecular complexity index is 668. The van der Waals surface area contributed by atoms with Crippen molar-refractivity contribution >= 4 is 27.4 Å². The van der Waals surface area contributed by atoms with E-state index in [4.69, 9.17) is 16.3 Å². The van der Waals surface area contributed by atoms with Crippen LogP contribution in [0.1, 0.15) is 36.5 Å². The van der Waals surface area contributed by atoms with Crippen molar-refractivity contribution in [1.82, 2.24) is 0 Å². The van der Waals surface area contributed by atoms with Gasteiger partial charge < -0.3 is 4.74 Å². The van der Waals surface area contributed by atoms with E-state index >= 15 is 0 Å². The molecule has 0 N–H and O–H groups in total. The zero-order chi connectivity index (χ0) is 15.0. The number of hydrogen-bond acceptors (Lipinski definition) is 4. The van der Waals surface area contributed by atoms with Crippen LogP contribution in [0.4, 0.5) is 0 Å². The number of ether oxygens (including phenoxy) is 1. The largest absolute Gasteiger partial charge is 0.457 e. The summed E-state index contributed by atoms with van der Waals surface area (Å²) in [7, 11) is -2.95. The maximum absolute atomic E-state index is 12.0. The van der Waals surface area contributed by atoms with E-state index in [0.29, 0.717) is 11.4 Å². The summed E-state index contributed by atoms with van der Waals surface area (Å²) in [5.74, 6) is -0.111. The van der Waals surface area contributed by atoms with Crippen molar-refractivity contribution in [3.63, 3.8) is 0 Å². The van der Waals surface area contributed by atoms with E-state index < -0.39 is 9.84 Å². The molecule has 114 valence electrons. The molecule has 21 heavy (non-hydrogen) atoms. The Morgan fingerprint density at radius 2 is 2.14 bits per heavy atom. The maximum atomic E-state index is 12.0. The third-order valence-electron chi connectivity index (χ3n) is 4.21. The van der Waals surface area contributed by atoms with Crippen LogP contribution in [0.3, 0.4) is 0 Å². The Hall–Kier alpha value is -1.07. The van der Waals surface area contributed by atoms with Gasteiger partial charge >= 0.3 is 5.97 Å². The van der Waals surface area contributed by atoms with Crippen molar-refractivity contribution in [2.75, 3.05) is 11.5 Å². The van der Waals surface area contributed by atoms with Crippen molar-refractivity contribution in [1.29, 1.82) is 0 Å². The smallest absolute Gasteiger partial charge is 0.306 e. The molecule has 1 aromatic carbocycles. The van der Waals surface area contributed by atoms with E-state index in [1.807, 2.05) is 18.2 Å². The van der Waals surface area contributed by atoms with Crippen molar-refractivity contribution in [3.8, 4) is 0 Å². The molecule has 1 saturated heterocycles. The molecule has 6 heteroatoms. The quantitative estimate of drug-likeness (QED) is 0.800. The van der Waals surface area contributed by atoms with Gasteiger partial charge in [-0.25, -0.2) is 8.42 Å². The number of fused-ring (bicyclic) bond motifs is 1. The summed E-state index contributed by atoms with van der Waals surface area (Å²) < 4.78 is 28.3. The Balaban J connectivity index is 1.61. The van der Waals surface area contributed by atoms with E-state index in [1.54, 1.807) is 0 Å². The van der Waals surface area contributed by atoms with E-state index in [2.05, 4.69) is 0 Å². The zero-order valence-corrected chi connectivity index (χ0v) is 13.1. The first-order chi connectivity index (χ1) is 9.94. The van der Waals surface area contributed by atoms with Gasteiger partial charge in [0.05, 0.1) is 11.5 Å². The van der Waals surface area contributed by atoms with Crippen LogP contribution in [0.5, 0.6) is 0 Å². The minimum atomic E-state index is -2.95. The molecule has 0 unspecified atom stereocenters. The molecule has 2 atom stereocenters. The monoisotopic (exact) mass is 328 g/mol. The third kappa shape index (κ3) is 3.24. The molecular weight excluding hydrogens is 312 g/mol. The highest BCUT2D eigenvalue weighted by molar-refractivity contribution is 7.91. The molecule has 1 fully saturated rings. The Labute approximate surface area is 129 Å². The van der Waals surface area contributed by atoms with E-state index in [-0.39, 0.29) is 35.9 Å². The van der Waals surface area contributed by atoms with Gasteiger partial charge in [0.25, 0.3) is 0 Å². The molecule has 0 bridgehead atoms. The zero-order valence-electron chi connectivity index (χ0n) is 11.5. The predicted molar refractivity (Wildman–Crippen MR) is 80.0 cm³/mol. The van der Waals surface area contributed by atoms with Crippen molar-refractivity contribution in [2.24, 2.45) is 5.92 Å². The van der Waals surface area contributed by atoms with Crippen LogP contribution in [0.15, 0.2) is 18.2 Å². The summed E-state index contributed by atoms with van der Waals surface area (Å²) in [6.07, 6.45) is 2.05. The van der Waals surface area contributed by atoms with Gasteiger partial charge in [0.2, 0.25) is 0 Å². The van der Waals surface area contributed by atoms with Crippen molar-refractivity contribution in [3.05, 3.63) is 34.3 Å². The summed E-state index contributed by atoms with van der Waals surface area (Å²) in [5, 5.41) is 0.716. The average Bonchev–Trinajstić information content (AvgIpc) is 2.95. The van der Waals surface area contributed by atoms with Gasteiger partial charge in [0.15, 0.2) is 9.84 Å². The molecule has 0 saturated carbocycles. The molecule has 0 radical (unpaired) electrons. The van der Waals surface area contributed by atoms with Crippen LogP contribution in [0.2, 0.25) is 5.02 Å². The summed E-state index contributed by atoms with van der Waals surface area (Å²) in [4.78, 5) is 12.0. The van der Waals surface area contributed by atoms with Gasteiger partial charge in [0.1, 0.15) is 6.10 Å². The lowest BCUT2D eigenvalue weighted by Crippen LogP contribution is -2.15. The Morgan fingerprint density at radius 3 is 2.86 bits per heavy atom. The van der Waals surface area contributed by atoms with E-state index in [0.717, 1.165) is 24.0 Å². The molecule has 1 aliphatic heterocycles. The predicted octanol–water partition coefficient (Wildman–Crippen LogP) is 2.70. The highest BCUT2D eigenvalue weighted by Gasteiger charge is 2.32. The number of hydrogen-bond donors (Lipinski definition) is 0. The molecule has 1 heterocycles. The molecule has 2 aliphatic rings. The summed E-state index contributed by atoms with van der Waals surface area (Å²) in [5.41, 5.74) is 2.04. The molecule has 0 aromatic heterocycles. The van der Waals surface area contributed by atoms with Crippen molar-refractivity contribution < 1.29 is 17.9 Å².